The summed E-state index contributed by atoms with van der Waals surface area (Å²) in [5.74, 6) is 0.177. The number of pyridine rings is 1. The van der Waals surface area contributed by atoms with Crippen molar-refractivity contribution in [1.29, 1.82) is 0 Å². The molecule has 2 aromatic rings. The summed E-state index contributed by atoms with van der Waals surface area (Å²) < 4.78 is 0. The number of Topliss-reactive ketones (excluding diaryl/α,β-unsaturated/α-hetero) is 1. The summed E-state index contributed by atoms with van der Waals surface area (Å²) >= 11 is 1.68. The van der Waals surface area contributed by atoms with Crippen molar-refractivity contribution >= 4 is 23.2 Å². The van der Waals surface area contributed by atoms with Gasteiger partial charge in [-0.2, -0.15) is 0 Å². The number of hydrogen-bond acceptors (Lipinski definition) is 3. The normalized spacial score (nSPS) is 17.2. The molecule has 0 radical (unpaired) electrons. The summed E-state index contributed by atoms with van der Waals surface area (Å²) in [6, 6.07) is 5.78. The Morgan fingerprint density at radius 3 is 3.06 bits per heavy atom. The number of ketones is 1. The van der Waals surface area contributed by atoms with E-state index in [1.54, 1.807) is 23.7 Å². The lowest BCUT2D eigenvalue weighted by molar-refractivity contribution is 0.102. The Morgan fingerprint density at radius 2 is 2.24 bits per heavy atom. The van der Waals surface area contributed by atoms with Gasteiger partial charge in [0.1, 0.15) is 0 Å². The largest absolute Gasteiger partial charge is 0.289 e. The third-order valence-corrected chi connectivity index (χ3v) is 3.91. The fourth-order valence-electron chi connectivity index (χ4n) is 2.07. The van der Waals surface area contributed by atoms with Crippen molar-refractivity contribution in [2.24, 2.45) is 0 Å². The predicted octanol–water partition coefficient (Wildman–Crippen LogP) is 3.36. The Bertz CT molecular complexity index is 583. The lowest BCUT2D eigenvalue weighted by atomic mass is 9.91. The van der Waals surface area contributed by atoms with Crippen LogP contribution in [0.5, 0.6) is 0 Å². The average Bonchev–Trinajstić information content (AvgIpc) is 2.83. The Kier molecular flexibility index (Phi) is 2.61. The van der Waals surface area contributed by atoms with Crippen LogP contribution in [-0.4, -0.2) is 10.8 Å². The molecule has 0 amide bonds. The molecule has 2 aromatic heterocycles. The van der Waals surface area contributed by atoms with E-state index in [9.17, 15) is 4.79 Å². The number of rotatable bonds is 1. The van der Waals surface area contributed by atoms with E-state index in [0.29, 0.717) is 0 Å². The lowest BCUT2D eigenvalue weighted by Gasteiger charge is -2.13. The molecule has 0 aliphatic heterocycles. The number of nitrogens with zero attached hydrogens (tertiary/aromatic N) is 1. The van der Waals surface area contributed by atoms with Crippen LogP contribution in [0.15, 0.2) is 41.5 Å². The second kappa shape index (κ2) is 4.26. The van der Waals surface area contributed by atoms with E-state index < -0.39 is 0 Å². The van der Waals surface area contributed by atoms with Gasteiger partial charge in [-0.05, 0) is 42.0 Å². The van der Waals surface area contributed by atoms with Crippen molar-refractivity contribution in [2.45, 2.75) is 12.8 Å². The SMILES string of the molecule is O=C1/C(=C/c2cccnc2)CCc2sccc21. The second-order valence-electron chi connectivity index (χ2n) is 4.04. The van der Waals surface area contributed by atoms with Crippen LogP contribution in [0.25, 0.3) is 6.08 Å². The molecule has 3 rings (SSSR count). The molecule has 0 saturated carbocycles. The summed E-state index contributed by atoms with van der Waals surface area (Å²) in [5.41, 5.74) is 2.77. The first-order chi connectivity index (χ1) is 8.34. The molecule has 0 fully saturated rings. The zero-order chi connectivity index (χ0) is 11.7. The van der Waals surface area contributed by atoms with Gasteiger partial charge in [-0.3, -0.25) is 9.78 Å². The topological polar surface area (TPSA) is 30.0 Å². The second-order valence-corrected chi connectivity index (χ2v) is 5.04. The van der Waals surface area contributed by atoms with Gasteiger partial charge in [0.05, 0.1) is 0 Å². The molecule has 0 unspecified atom stereocenters. The Hall–Kier alpha value is -1.74. The van der Waals surface area contributed by atoms with Gasteiger partial charge in [0.2, 0.25) is 0 Å². The van der Waals surface area contributed by atoms with Gasteiger partial charge in [0.25, 0.3) is 0 Å². The molecular weight excluding hydrogens is 230 g/mol. The fraction of sp³-hybridized carbons (Fsp3) is 0.143. The van der Waals surface area contributed by atoms with Crippen LogP contribution in [0.2, 0.25) is 0 Å². The van der Waals surface area contributed by atoms with E-state index in [4.69, 9.17) is 0 Å². The van der Waals surface area contributed by atoms with E-state index in [1.807, 2.05) is 29.7 Å². The molecule has 0 spiro atoms. The van der Waals surface area contributed by atoms with Gasteiger partial charge in [-0.25, -0.2) is 0 Å². The van der Waals surface area contributed by atoms with Crippen molar-refractivity contribution < 1.29 is 4.79 Å². The minimum absolute atomic E-state index is 0.177. The van der Waals surface area contributed by atoms with E-state index in [0.717, 1.165) is 29.5 Å². The van der Waals surface area contributed by atoms with Crippen LogP contribution in [0, 0.1) is 0 Å². The summed E-state index contributed by atoms with van der Waals surface area (Å²) in [6.45, 7) is 0. The number of aromatic nitrogens is 1. The number of carbonyl (C=O) groups excluding carboxylic acids is 1. The lowest BCUT2D eigenvalue weighted by Crippen LogP contribution is -2.11. The predicted molar refractivity (Wildman–Crippen MR) is 69.2 cm³/mol. The molecule has 0 aromatic carbocycles. The van der Waals surface area contributed by atoms with Crippen LogP contribution in [-0.2, 0) is 6.42 Å². The summed E-state index contributed by atoms with van der Waals surface area (Å²) in [6.07, 6.45) is 7.28. The van der Waals surface area contributed by atoms with Gasteiger partial charge in [0.15, 0.2) is 5.78 Å². The van der Waals surface area contributed by atoms with E-state index in [-0.39, 0.29) is 5.78 Å². The number of thiophene rings is 1. The number of carbonyl (C=O) groups is 1. The van der Waals surface area contributed by atoms with Gasteiger partial charge >= 0.3 is 0 Å². The molecule has 0 N–H and O–H groups in total. The van der Waals surface area contributed by atoms with Gasteiger partial charge in [-0.15, -0.1) is 11.3 Å². The minimum atomic E-state index is 0.177. The molecule has 17 heavy (non-hydrogen) atoms. The zero-order valence-electron chi connectivity index (χ0n) is 9.22. The van der Waals surface area contributed by atoms with Crippen LogP contribution in [0.4, 0.5) is 0 Å². The molecule has 0 bridgehead atoms. The van der Waals surface area contributed by atoms with Crippen molar-refractivity contribution in [3.05, 3.63) is 57.6 Å². The molecule has 2 heterocycles. The standard InChI is InChI=1S/C14H11NOS/c16-14-11(8-10-2-1-6-15-9-10)3-4-13-12(14)5-7-17-13/h1-2,5-9H,3-4H2/b11-8+. The quantitative estimate of drug-likeness (QED) is 0.717. The number of hydrogen-bond donors (Lipinski definition) is 0. The maximum absolute atomic E-state index is 12.2. The Labute approximate surface area is 104 Å². The zero-order valence-corrected chi connectivity index (χ0v) is 10.0. The van der Waals surface area contributed by atoms with Crippen molar-refractivity contribution in [3.8, 4) is 0 Å². The maximum atomic E-state index is 12.2. The van der Waals surface area contributed by atoms with Crippen LogP contribution < -0.4 is 0 Å². The molecule has 0 saturated heterocycles. The highest BCUT2D eigenvalue weighted by atomic mass is 32.1. The smallest absolute Gasteiger partial charge is 0.190 e. The molecular formula is C14H11NOS. The van der Waals surface area contributed by atoms with Crippen molar-refractivity contribution in [1.82, 2.24) is 4.98 Å². The van der Waals surface area contributed by atoms with E-state index >= 15 is 0 Å². The first-order valence-corrected chi connectivity index (χ1v) is 6.44. The Morgan fingerprint density at radius 1 is 1.29 bits per heavy atom. The highest BCUT2D eigenvalue weighted by molar-refractivity contribution is 7.10. The average molecular weight is 241 g/mol. The maximum Gasteiger partial charge on any atom is 0.190 e. The van der Waals surface area contributed by atoms with Crippen molar-refractivity contribution in [3.63, 3.8) is 0 Å². The van der Waals surface area contributed by atoms with Gasteiger partial charge < -0.3 is 0 Å². The molecule has 0 atom stereocenters. The van der Waals surface area contributed by atoms with E-state index in [1.165, 1.54) is 4.88 Å². The summed E-state index contributed by atoms with van der Waals surface area (Å²) in [4.78, 5) is 17.5. The van der Waals surface area contributed by atoms with E-state index in [2.05, 4.69) is 4.98 Å². The highest BCUT2D eigenvalue weighted by Gasteiger charge is 2.22. The number of fused-ring (bicyclic) bond motifs is 1. The van der Waals surface area contributed by atoms with Crippen LogP contribution >= 0.6 is 11.3 Å². The number of allylic oxidation sites excluding steroid dienone is 1. The molecule has 1 aliphatic rings. The van der Waals surface area contributed by atoms with Crippen molar-refractivity contribution in [2.75, 3.05) is 0 Å². The molecule has 84 valence electrons. The monoisotopic (exact) mass is 241 g/mol. The van der Waals surface area contributed by atoms with Crippen LogP contribution in [0.3, 0.4) is 0 Å². The minimum Gasteiger partial charge on any atom is -0.289 e. The molecule has 3 heteroatoms. The molecule has 1 aliphatic carbocycles. The van der Waals surface area contributed by atoms with Gasteiger partial charge in [0, 0.05) is 28.4 Å². The number of aryl methyl sites for hydroxylation is 1. The summed E-state index contributed by atoms with van der Waals surface area (Å²) in [7, 11) is 0. The van der Waals surface area contributed by atoms with Crippen LogP contribution in [0.1, 0.15) is 27.2 Å². The third-order valence-electron chi connectivity index (χ3n) is 2.93. The Balaban J connectivity index is 1.97. The highest BCUT2D eigenvalue weighted by Crippen LogP contribution is 2.29. The third kappa shape index (κ3) is 1.94. The first kappa shape index (κ1) is 10.4. The fourth-order valence-corrected chi connectivity index (χ4v) is 2.95. The first-order valence-electron chi connectivity index (χ1n) is 5.56. The molecule has 2 nitrogen and oxygen atoms in total. The van der Waals surface area contributed by atoms with Gasteiger partial charge in [-0.1, -0.05) is 6.07 Å². The summed E-state index contributed by atoms with van der Waals surface area (Å²) in [5, 5.41) is 2.00.